The van der Waals surface area contributed by atoms with Gasteiger partial charge < -0.3 is 4.52 Å². The molecule has 2 aromatic heterocycles. The predicted molar refractivity (Wildman–Crippen MR) is 79.1 cm³/mol. The molecule has 0 fully saturated rings. The summed E-state index contributed by atoms with van der Waals surface area (Å²) in [6.07, 6.45) is 5.47. The minimum Gasteiger partial charge on any atom is -0.361 e. The topological polar surface area (TPSA) is 43.9 Å². The van der Waals surface area contributed by atoms with Crippen LogP contribution in [0.3, 0.4) is 0 Å². The largest absolute Gasteiger partial charge is 0.361 e. The summed E-state index contributed by atoms with van der Waals surface area (Å²) < 4.78 is 7.23. The third kappa shape index (κ3) is 2.49. The molecule has 0 spiro atoms. The van der Waals surface area contributed by atoms with Gasteiger partial charge in [-0.3, -0.25) is 4.57 Å². The van der Waals surface area contributed by atoms with E-state index in [1.807, 2.05) is 18.5 Å². The van der Waals surface area contributed by atoms with Crippen LogP contribution in [0.1, 0.15) is 16.9 Å². The van der Waals surface area contributed by atoms with E-state index in [4.69, 9.17) is 4.52 Å². The maximum atomic E-state index is 5.11. The number of rotatable bonds is 4. The molecular weight excluding hydrogens is 270 g/mol. The van der Waals surface area contributed by atoms with E-state index in [0.29, 0.717) is 0 Å². The summed E-state index contributed by atoms with van der Waals surface area (Å²) in [7, 11) is 0. The summed E-state index contributed by atoms with van der Waals surface area (Å²) in [5.41, 5.74) is 3.72. The van der Waals surface area contributed by atoms with Crippen molar-refractivity contribution in [2.24, 2.45) is 0 Å². The van der Waals surface area contributed by atoms with E-state index in [9.17, 15) is 0 Å². The molecule has 1 aromatic carbocycles. The highest BCUT2D eigenvalue weighted by atomic mass is 32.2. The quantitative estimate of drug-likeness (QED) is 0.684. The lowest BCUT2D eigenvalue weighted by Gasteiger charge is -2.11. The summed E-state index contributed by atoms with van der Waals surface area (Å²) in [6.45, 7) is 4.26. The Labute approximate surface area is 121 Å². The Morgan fingerprint density at radius 3 is 2.90 bits per heavy atom. The fraction of sp³-hybridized carbons (Fsp3) is 0.200. The first-order valence-electron chi connectivity index (χ1n) is 6.38. The highest BCUT2D eigenvalue weighted by Gasteiger charge is 2.10. The van der Waals surface area contributed by atoms with Gasteiger partial charge in [0.25, 0.3) is 0 Å². The van der Waals surface area contributed by atoms with Crippen molar-refractivity contribution in [3.8, 4) is 5.69 Å². The number of thioether (sulfide) groups is 1. The SMILES string of the molecule is Cc1cccc(-n2ccnc2SCc2ccno2)c1C. The monoisotopic (exact) mass is 285 g/mol. The van der Waals surface area contributed by atoms with Crippen molar-refractivity contribution in [3.05, 3.63) is 59.7 Å². The molecule has 5 heteroatoms. The van der Waals surface area contributed by atoms with Crippen LogP contribution in [0, 0.1) is 13.8 Å². The predicted octanol–water partition coefficient (Wildman–Crippen LogP) is 3.77. The molecule has 4 nitrogen and oxygen atoms in total. The molecule has 0 aliphatic heterocycles. The maximum Gasteiger partial charge on any atom is 0.173 e. The molecule has 2 heterocycles. The number of nitrogens with zero attached hydrogens (tertiary/aromatic N) is 3. The van der Waals surface area contributed by atoms with E-state index in [2.05, 4.69) is 46.8 Å². The van der Waals surface area contributed by atoms with E-state index in [1.165, 1.54) is 16.8 Å². The second kappa shape index (κ2) is 5.54. The molecule has 0 bridgehead atoms. The van der Waals surface area contributed by atoms with Crippen LogP contribution in [-0.4, -0.2) is 14.7 Å². The lowest BCUT2D eigenvalue weighted by Crippen LogP contribution is -1.99. The minimum atomic E-state index is 0.724. The zero-order valence-corrected chi connectivity index (χ0v) is 12.2. The lowest BCUT2D eigenvalue weighted by molar-refractivity contribution is 0.395. The van der Waals surface area contributed by atoms with Gasteiger partial charge in [0.15, 0.2) is 5.16 Å². The highest BCUT2D eigenvalue weighted by molar-refractivity contribution is 7.98. The standard InChI is InChI=1S/C15H15N3OS/c1-11-4-3-5-14(12(11)2)18-9-8-16-15(18)20-10-13-6-7-17-19-13/h3-9H,10H2,1-2H3. The summed E-state index contributed by atoms with van der Waals surface area (Å²) in [4.78, 5) is 4.43. The van der Waals surface area contributed by atoms with Crippen LogP contribution in [0.2, 0.25) is 0 Å². The molecular formula is C15H15N3OS. The molecule has 20 heavy (non-hydrogen) atoms. The van der Waals surface area contributed by atoms with Crippen molar-refractivity contribution in [2.45, 2.75) is 24.8 Å². The zero-order valence-electron chi connectivity index (χ0n) is 11.4. The van der Waals surface area contributed by atoms with Crippen LogP contribution >= 0.6 is 11.8 Å². The molecule has 0 saturated carbocycles. The number of hydrogen-bond acceptors (Lipinski definition) is 4. The van der Waals surface area contributed by atoms with Crippen molar-refractivity contribution < 1.29 is 4.52 Å². The molecule has 0 saturated heterocycles. The average molecular weight is 285 g/mol. The lowest BCUT2D eigenvalue weighted by atomic mass is 10.1. The first kappa shape index (κ1) is 13.0. The summed E-state index contributed by atoms with van der Waals surface area (Å²) in [5, 5.41) is 4.67. The molecule has 0 amide bonds. The fourth-order valence-corrected chi connectivity index (χ4v) is 2.88. The average Bonchev–Trinajstić information content (AvgIpc) is 3.10. The van der Waals surface area contributed by atoms with Crippen molar-refractivity contribution in [1.29, 1.82) is 0 Å². The van der Waals surface area contributed by atoms with E-state index in [0.717, 1.165) is 16.7 Å². The Kier molecular flexibility index (Phi) is 3.60. The van der Waals surface area contributed by atoms with Crippen LogP contribution in [0.5, 0.6) is 0 Å². The van der Waals surface area contributed by atoms with E-state index in [-0.39, 0.29) is 0 Å². The Morgan fingerprint density at radius 2 is 2.10 bits per heavy atom. The van der Waals surface area contributed by atoms with Gasteiger partial charge in [0, 0.05) is 18.5 Å². The maximum absolute atomic E-state index is 5.11. The van der Waals surface area contributed by atoms with Gasteiger partial charge in [0.2, 0.25) is 0 Å². The Hall–Kier alpha value is -2.01. The minimum absolute atomic E-state index is 0.724. The normalized spacial score (nSPS) is 10.9. The molecule has 0 radical (unpaired) electrons. The van der Waals surface area contributed by atoms with E-state index < -0.39 is 0 Å². The van der Waals surface area contributed by atoms with Gasteiger partial charge in [-0.15, -0.1) is 0 Å². The van der Waals surface area contributed by atoms with Crippen LogP contribution in [-0.2, 0) is 5.75 Å². The van der Waals surface area contributed by atoms with Crippen molar-refractivity contribution in [2.75, 3.05) is 0 Å². The molecule has 0 aliphatic carbocycles. The van der Waals surface area contributed by atoms with Crippen molar-refractivity contribution >= 4 is 11.8 Å². The number of benzene rings is 1. The molecule has 102 valence electrons. The molecule has 0 aliphatic rings. The first-order valence-corrected chi connectivity index (χ1v) is 7.36. The fourth-order valence-electron chi connectivity index (χ4n) is 2.03. The van der Waals surface area contributed by atoms with Crippen LogP contribution in [0.4, 0.5) is 0 Å². The van der Waals surface area contributed by atoms with Crippen molar-refractivity contribution in [1.82, 2.24) is 14.7 Å². The molecule has 3 aromatic rings. The molecule has 0 atom stereocenters. The summed E-state index contributed by atoms with van der Waals surface area (Å²) in [6, 6.07) is 8.18. The van der Waals surface area contributed by atoms with E-state index in [1.54, 1.807) is 18.0 Å². The number of imidazole rings is 1. The van der Waals surface area contributed by atoms with Gasteiger partial charge >= 0.3 is 0 Å². The Balaban J connectivity index is 1.88. The molecule has 0 N–H and O–H groups in total. The van der Waals surface area contributed by atoms with Gasteiger partial charge in [0.05, 0.1) is 17.6 Å². The van der Waals surface area contributed by atoms with Crippen molar-refractivity contribution in [3.63, 3.8) is 0 Å². The summed E-state index contributed by atoms with van der Waals surface area (Å²) >= 11 is 1.64. The summed E-state index contributed by atoms with van der Waals surface area (Å²) in [5.74, 6) is 1.58. The Bertz CT molecular complexity index is 704. The number of hydrogen-bond donors (Lipinski definition) is 0. The third-order valence-corrected chi connectivity index (χ3v) is 4.27. The first-order chi connectivity index (χ1) is 9.75. The van der Waals surface area contributed by atoms with Gasteiger partial charge in [-0.25, -0.2) is 4.98 Å². The Morgan fingerprint density at radius 1 is 1.20 bits per heavy atom. The number of aromatic nitrogens is 3. The zero-order chi connectivity index (χ0) is 13.9. The number of aryl methyl sites for hydroxylation is 1. The van der Waals surface area contributed by atoms with Crippen LogP contribution < -0.4 is 0 Å². The highest BCUT2D eigenvalue weighted by Crippen LogP contribution is 2.26. The van der Waals surface area contributed by atoms with Crippen LogP contribution in [0.15, 0.2) is 52.5 Å². The van der Waals surface area contributed by atoms with E-state index >= 15 is 0 Å². The van der Waals surface area contributed by atoms with Crippen LogP contribution in [0.25, 0.3) is 5.69 Å². The van der Waals surface area contributed by atoms with Gasteiger partial charge in [-0.05, 0) is 31.0 Å². The molecule has 0 unspecified atom stereocenters. The smallest absolute Gasteiger partial charge is 0.173 e. The van der Waals surface area contributed by atoms with Gasteiger partial charge in [-0.2, -0.15) is 0 Å². The van der Waals surface area contributed by atoms with Gasteiger partial charge in [-0.1, -0.05) is 29.1 Å². The van der Waals surface area contributed by atoms with Gasteiger partial charge in [0.1, 0.15) is 5.76 Å². The second-order valence-corrected chi connectivity index (χ2v) is 5.51. The molecule has 3 rings (SSSR count). The third-order valence-electron chi connectivity index (χ3n) is 3.28. The second-order valence-electron chi connectivity index (χ2n) is 4.57.